The number of carboxylic acids is 2. The third-order valence-electron chi connectivity index (χ3n) is 3.23. The Bertz CT molecular complexity index is 295. The van der Waals surface area contributed by atoms with Crippen LogP contribution in [0.5, 0.6) is 0 Å². The summed E-state index contributed by atoms with van der Waals surface area (Å²) < 4.78 is 0. The van der Waals surface area contributed by atoms with E-state index in [0.29, 0.717) is 0 Å². The Hall–Kier alpha value is -1.58. The molecule has 4 heteroatoms. The van der Waals surface area contributed by atoms with Crippen molar-refractivity contribution in [2.24, 2.45) is 17.8 Å². The summed E-state index contributed by atoms with van der Waals surface area (Å²) in [6, 6.07) is 0. The Balaban J connectivity index is 4.63. The lowest BCUT2D eigenvalue weighted by Gasteiger charge is -2.23. The average molecular weight is 254 g/mol. The maximum atomic E-state index is 10.9. The molecule has 0 aromatic heterocycles. The molecule has 0 saturated carbocycles. The van der Waals surface area contributed by atoms with E-state index < -0.39 is 17.9 Å². The maximum absolute atomic E-state index is 10.9. The van der Waals surface area contributed by atoms with Crippen molar-refractivity contribution in [3.8, 4) is 0 Å². The molecule has 0 aliphatic carbocycles. The molecule has 0 aliphatic heterocycles. The molecule has 0 aromatic carbocycles. The summed E-state index contributed by atoms with van der Waals surface area (Å²) in [6.07, 6.45) is 6.23. The van der Waals surface area contributed by atoms with E-state index in [1.807, 2.05) is 13.0 Å². The second-order valence-electron chi connectivity index (χ2n) is 4.54. The number of allylic oxidation sites excluding steroid dienone is 2. The van der Waals surface area contributed by atoms with Crippen LogP contribution in [-0.2, 0) is 9.59 Å². The third kappa shape index (κ3) is 5.66. The van der Waals surface area contributed by atoms with Gasteiger partial charge in [0.15, 0.2) is 5.92 Å². The van der Waals surface area contributed by atoms with E-state index in [4.69, 9.17) is 10.2 Å². The molecule has 0 aromatic rings. The van der Waals surface area contributed by atoms with Gasteiger partial charge in [-0.1, -0.05) is 19.1 Å². The summed E-state index contributed by atoms with van der Waals surface area (Å²) in [5.74, 6) is -3.74. The summed E-state index contributed by atoms with van der Waals surface area (Å²) >= 11 is 0. The van der Waals surface area contributed by atoms with Crippen LogP contribution in [0.1, 0.15) is 32.6 Å². The lowest BCUT2D eigenvalue weighted by Crippen LogP contribution is -2.27. The van der Waals surface area contributed by atoms with Crippen LogP contribution in [0.25, 0.3) is 0 Å². The summed E-state index contributed by atoms with van der Waals surface area (Å²) in [6.45, 7) is 9.26. The highest BCUT2D eigenvalue weighted by Crippen LogP contribution is 2.27. The predicted molar refractivity (Wildman–Crippen MR) is 70.3 cm³/mol. The van der Waals surface area contributed by atoms with E-state index in [1.54, 1.807) is 6.08 Å². The molecule has 0 spiro atoms. The Morgan fingerprint density at radius 3 is 2.17 bits per heavy atom. The Kier molecular flexibility index (Phi) is 7.76. The van der Waals surface area contributed by atoms with E-state index >= 15 is 0 Å². The molecule has 0 aliphatic rings. The van der Waals surface area contributed by atoms with Crippen molar-refractivity contribution in [2.45, 2.75) is 32.6 Å². The van der Waals surface area contributed by atoms with Crippen LogP contribution in [0.3, 0.4) is 0 Å². The van der Waals surface area contributed by atoms with Crippen LogP contribution in [0.4, 0.5) is 0 Å². The van der Waals surface area contributed by atoms with Crippen molar-refractivity contribution < 1.29 is 19.8 Å². The van der Waals surface area contributed by atoms with Gasteiger partial charge in [-0.15, -0.1) is 13.2 Å². The number of aliphatic carboxylic acids is 2. The molecule has 4 nitrogen and oxygen atoms in total. The van der Waals surface area contributed by atoms with Crippen LogP contribution in [0.15, 0.2) is 25.3 Å². The fraction of sp³-hybridized carbons (Fsp3) is 0.571. The van der Waals surface area contributed by atoms with Crippen LogP contribution in [0, 0.1) is 17.8 Å². The van der Waals surface area contributed by atoms with Gasteiger partial charge in [0.05, 0.1) is 0 Å². The SMILES string of the molecule is C=CCCCC(CC(C(=O)O)C(=O)O)C(C)C=C. The van der Waals surface area contributed by atoms with E-state index in [2.05, 4.69) is 13.2 Å². The van der Waals surface area contributed by atoms with E-state index in [-0.39, 0.29) is 18.3 Å². The lowest BCUT2D eigenvalue weighted by molar-refractivity contribution is -0.155. The van der Waals surface area contributed by atoms with Crippen LogP contribution in [0.2, 0.25) is 0 Å². The molecule has 2 atom stereocenters. The zero-order chi connectivity index (χ0) is 14.1. The Labute approximate surface area is 108 Å². The second-order valence-corrected chi connectivity index (χ2v) is 4.54. The van der Waals surface area contributed by atoms with Gasteiger partial charge < -0.3 is 10.2 Å². The van der Waals surface area contributed by atoms with Crippen LogP contribution >= 0.6 is 0 Å². The fourth-order valence-electron chi connectivity index (χ4n) is 1.92. The molecule has 0 rings (SSSR count). The van der Waals surface area contributed by atoms with Gasteiger partial charge in [-0.05, 0) is 37.5 Å². The highest BCUT2D eigenvalue weighted by atomic mass is 16.4. The van der Waals surface area contributed by atoms with Gasteiger partial charge in [0.2, 0.25) is 0 Å². The molecule has 2 unspecified atom stereocenters. The minimum Gasteiger partial charge on any atom is -0.481 e. The van der Waals surface area contributed by atoms with Gasteiger partial charge in [-0.2, -0.15) is 0 Å². The first-order valence-electron chi connectivity index (χ1n) is 6.13. The van der Waals surface area contributed by atoms with Crippen molar-refractivity contribution in [3.63, 3.8) is 0 Å². The minimum absolute atomic E-state index is 0.0275. The second kappa shape index (κ2) is 8.50. The van der Waals surface area contributed by atoms with Crippen molar-refractivity contribution in [3.05, 3.63) is 25.3 Å². The smallest absolute Gasteiger partial charge is 0.317 e. The molecular weight excluding hydrogens is 232 g/mol. The van der Waals surface area contributed by atoms with Crippen molar-refractivity contribution in [1.82, 2.24) is 0 Å². The number of rotatable bonds is 10. The maximum Gasteiger partial charge on any atom is 0.317 e. The number of unbranched alkanes of at least 4 members (excludes halogenated alkanes) is 1. The first-order valence-corrected chi connectivity index (χ1v) is 6.13. The van der Waals surface area contributed by atoms with Gasteiger partial charge in [-0.25, -0.2) is 0 Å². The first-order chi connectivity index (χ1) is 8.43. The van der Waals surface area contributed by atoms with Gasteiger partial charge in [0, 0.05) is 0 Å². The highest BCUT2D eigenvalue weighted by Gasteiger charge is 2.30. The van der Waals surface area contributed by atoms with Gasteiger partial charge >= 0.3 is 11.9 Å². The monoisotopic (exact) mass is 254 g/mol. The van der Waals surface area contributed by atoms with Gasteiger partial charge in [-0.3, -0.25) is 9.59 Å². The van der Waals surface area contributed by atoms with E-state index in [0.717, 1.165) is 19.3 Å². The standard InChI is InChI=1S/C14H22O4/c1-4-6-7-8-11(10(3)5-2)9-12(13(15)16)14(17)18/h4-5,10-12H,1-2,6-9H2,3H3,(H,15,16)(H,17,18). The quantitative estimate of drug-likeness (QED) is 0.357. The van der Waals surface area contributed by atoms with Crippen molar-refractivity contribution in [2.75, 3.05) is 0 Å². The van der Waals surface area contributed by atoms with Crippen molar-refractivity contribution in [1.29, 1.82) is 0 Å². The van der Waals surface area contributed by atoms with Gasteiger partial charge in [0.1, 0.15) is 0 Å². The van der Waals surface area contributed by atoms with Crippen LogP contribution in [-0.4, -0.2) is 22.2 Å². The fourth-order valence-corrected chi connectivity index (χ4v) is 1.92. The minimum atomic E-state index is -1.33. The van der Waals surface area contributed by atoms with Crippen molar-refractivity contribution >= 4 is 11.9 Å². The van der Waals surface area contributed by atoms with E-state index in [1.165, 1.54) is 0 Å². The molecule has 0 heterocycles. The summed E-state index contributed by atoms with van der Waals surface area (Å²) in [5.41, 5.74) is 0. The number of carboxylic acid groups (broad SMARTS) is 2. The summed E-state index contributed by atoms with van der Waals surface area (Å²) in [4.78, 5) is 21.8. The van der Waals surface area contributed by atoms with Crippen LogP contribution < -0.4 is 0 Å². The number of hydrogen-bond acceptors (Lipinski definition) is 2. The summed E-state index contributed by atoms with van der Waals surface area (Å²) in [7, 11) is 0. The Morgan fingerprint density at radius 1 is 1.22 bits per heavy atom. The molecule has 0 radical (unpaired) electrons. The first kappa shape index (κ1) is 16.4. The molecule has 2 N–H and O–H groups in total. The van der Waals surface area contributed by atoms with E-state index in [9.17, 15) is 9.59 Å². The molecule has 102 valence electrons. The number of carbonyl (C=O) groups is 2. The predicted octanol–water partition coefficient (Wildman–Crippen LogP) is 2.96. The summed E-state index contributed by atoms with van der Waals surface area (Å²) in [5, 5.41) is 17.8. The topological polar surface area (TPSA) is 74.6 Å². The average Bonchev–Trinajstić information content (AvgIpc) is 2.31. The molecule has 0 amide bonds. The lowest BCUT2D eigenvalue weighted by atomic mass is 9.82. The zero-order valence-corrected chi connectivity index (χ0v) is 10.8. The zero-order valence-electron chi connectivity index (χ0n) is 10.8. The molecule has 18 heavy (non-hydrogen) atoms. The normalized spacial score (nSPS) is 13.9. The number of hydrogen-bond donors (Lipinski definition) is 2. The largest absolute Gasteiger partial charge is 0.481 e. The highest BCUT2D eigenvalue weighted by molar-refractivity contribution is 5.92. The molecular formula is C14H22O4. The van der Waals surface area contributed by atoms with Gasteiger partial charge in [0.25, 0.3) is 0 Å². The molecule has 0 fully saturated rings. The molecule has 0 saturated heterocycles. The third-order valence-corrected chi connectivity index (χ3v) is 3.23. The Morgan fingerprint density at radius 2 is 1.78 bits per heavy atom. The molecule has 0 bridgehead atoms.